The van der Waals surface area contributed by atoms with E-state index in [9.17, 15) is 19.0 Å². The lowest BCUT2D eigenvalue weighted by Crippen LogP contribution is -2.48. The predicted molar refractivity (Wildman–Crippen MR) is 59.0 cm³/mol. The number of phosphoric acid groups is 2. The topological polar surface area (TPSA) is 211 Å². The van der Waals surface area contributed by atoms with Crippen LogP contribution in [0.5, 0.6) is 0 Å². The summed E-state index contributed by atoms with van der Waals surface area (Å²) in [5.74, 6) is 0. The second kappa shape index (κ2) is 7.69. The summed E-state index contributed by atoms with van der Waals surface area (Å²) < 4.78 is 29.2. The standard InChI is InChI=1S/C6H14O12P2/c7-1-3(9)5(10)6(18-20(14,15)16)4(2-8)17-19(11,12)13/h2-7,9-10H,1H2,(H2,11,12,13)(H2,14,15,16)/t3-,4-,5-,6-/m0/s1. The van der Waals surface area contributed by atoms with E-state index in [0.717, 1.165) is 0 Å². The maximum atomic E-state index is 10.7. The van der Waals surface area contributed by atoms with Crippen LogP contribution in [0.15, 0.2) is 0 Å². The van der Waals surface area contributed by atoms with E-state index in [-0.39, 0.29) is 6.29 Å². The van der Waals surface area contributed by atoms with Crippen molar-refractivity contribution in [3.05, 3.63) is 0 Å². The summed E-state index contributed by atoms with van der Waals surface area (Å²) in [7, 11) is -10.6. The maximum Gasteiger partial charge on any atom is 0.470 e. The van der Waals surface area contributed by atoms with Crippen LogP contribution in [0.1, 0.15) is 0 Å². The lowest BCUT2D eigenvalue weighted by Gasteiger charge is -2.29. The van der Waals surface area contributed by atoms with Crippen molar-refractivity contribution in [2.75, 3.05) is 6.61 Å². The van der Waals surface area contributed by atoms with Crippen LogP contribution in [-0.4, -0.2) is 72.2 Å². The molecule has 0 radical (unpaired) electrons. The Morgan fingerprint density at radius 3 is 1.75 bits per heavy atom. The van der Waals surface area contributed by atoms with Gasteiger partial charge in [0.2, 0.25) is 0 Å². The Balaban J connectivity index is 5.31. The van der Waals surface area contributed by atoms with Crippen LogP contribution in [0.3, 0.4) is 0 Å². The molecule has 0 fully saturated rings. The molecule has 0 aromatic rings. The molecule has 14 heteroatoms. The summed E-state index contributed by atoms with van der Waals surface area (Å²) >= 11 is 0. The monoisotopic (exact) mass is 340 g/mol. The number of phosphoric ester groups is 2. The molecule has 0 bridgehead atoms. The first kappa shape index (κ1) is 19.8. The minimum absolute atomic E-state index is 0.299. The van der Waals surface area contributed by atoms with Crippen molar-refractivity contribution >= 4 is 21.9 Å². The van der Waals surface area contributed by atoms with Crippen molar-refractivity contribution in [2.24, 2.45) is 0 Å². The van der Waals surface area contributed by atoms with Gasteiger partial charge < -0.3 is 39.7 Å². The van der Waals surface area contributed by atoms with Crippen LogP contribution in [-0.2, 0) is 23.0 Å². The van der Waals surface area contributed by atoms with E-state index in [1.807, 2.05) is 0 Å². The van der Waals surface area contributed by atoms with Crippen molar-refractivity contribution < 1.29 is 57.9 Å². The molecule has 0 amide bonds. The Hall–Kier alpha value is -0.230. The summed E-state index contributed by atoms with van der Waals surface area (Å²) in [4.78, 5) is 44.9. The predicted octanol–water partition coefficient (Wildman–Crippen LogP) is -3.14. The molecular formula is C6H14O12P2. The molecule has 0 unspecified atom stereocenters. The molecule has 20 heavy (non-hydrogen) atoms. The van der Waals surface area contributed by atoms with E-state index < -0.39 is 46.7 Å². The normalized spacial score (nSPS) is 19.1. The van der Waals surface area contributed by atoms with Crippen molar-refractivity contribution in [3.8, 4) is 0 Å². The summed E-state index contributed by atoms with van der Waals surface area (Å²) in [6.45, 7) is -1.08. The van der Waals surface area contributed by atoms with Crippen LogP contribution < -0.4 is 0 Å². The highest BCUT2D eigenvalue weighted by atomic mass is 31.2. The molecule has 0 saturated carbocycles. The Kier molecular flexibility index (Phi) is 7.60. The highest BCUT2D eigenvalue weighted by molar-refractivity contribution is 7.46. The average Bonchev–Trinajstić information content (AvgIpc) is 2.29. The lowest BCUT2D eigenvalue weighted by molar-refractivity contribution is -0.133. The van der Waals surface area contributed by atoms with Crippen LogP contribution in [0, 0.1) is 0 Å². The fourth-order valence-electron chi connectivity index (χ4n) is 1.12. The summed E-state index contributed by atoms with van der Waals surface area (Å²) in [5, 5.41) is 27.2. The second-order valence-corrected chi connectivity index (χ2v) is 5.88. The summed E-state index contributed by atoms with van der Waals surface area (Å²) in [6, 6.07) is 0. The third-order valence-corrected chi connectivity index (χ3v) is 2.93. The highest BCUT2D eigenvalue weighted by Crippen LogP contribution is 2.43. The molecule has 0 aromatic heterocycles. The van der Waals surface area contributed by atoms with E-state index in [2.05, 4.69) is 9.05 Å². The van der Waals surface area contributed by atoms with Crippen LogP contribution >= 0.6 is 15.6 Å². The Labute approximate surface area is 112 Å². The van der Waals surface area contributed by atoms with Gasteiger partial charge in [0, 0.05) is 0 Å². The van der Waals surface area contributed by atoms with E-state index in [1.54, 1.807) is 0 Å². The zero-order valence-corrected chi connectivity index (χ0v) is 11.4. The number of aliphatic hydroxyl groups is 3. The van der Waals surface area contributed by atoms with Gasteiger partial charge in [0.15, 0.2) is 12.4 Å². The number of rotatable bonds is 9. The first-order valence-electron chi connectivity index (χ1n) is 4.81. The molecule has 0 spiro atoms. The van der Waals surface area contributed by atoms with Gasteiger partial charge in [-0.05, 0) is 0 Å². The number of hydrogen-bond acceptors (Lipinski definition) is 8. The molecule has 120 valence electrons. The van der Waals surface area contributed by atoms with Gasteiger partial charge in [0.1, 0.15) is 18.3 Å². The lowest BCUT2D eigenvalue weighted by atomic mass is 10.0. The molecule has 0 aliphatic rings. The molecule has 7 N–H and O–H groups in total. The van der Waals surface area contributed by atoms with Gasteiger partial charge in [0.05, 0.1) is 6.61 Å². The molecule has 0 aromatic carbocycles. The number of aldehydes is 1. The van der Waals surface area contributed by atoms with Gasteiger partial charge in [-0.25, -0.2) is 9.13 Å². The Morgan fingerprint density at radius 2 is 1.45 bits per heavy atom. The van der Waals surface area contributed by atoms with Gasteiger partial charge in [0.25, 0.3) is 0 Å². The smallest absolute Gasteiger partial charge is 0.394 e. The largest absolute Gasteiger partial charge is 0.470 e. The van der Waals surface area contributed by atoms with E-state index in [1.165, 1.54) is 0 Å². The minimum atomic E-state index is -5.30. The molecule has 0 aliphatic carbocycles. The van der Waals surface area contributed by atoms with Crippen LogP contribution in [0.25, 0.3) is 0 Å². The molecule has 0 saturated heterocycles. The van der Waals surface area contributed by atoms with Crippen LogP contribution in [0.2, 0.25) is 0 Å². The van der Waals surface area contributed by atoms with Crippen LogP contribution in [0.4, 0.5) is 0 Å². The quantitative estimate of drug-likeness (QED) is 0.164. The average molecular weight is 340 g/mol. The van der Waals surface area contributed by atoms with Gasteiger partial charge in [-0.2, -0.15) is 0 Å². The number of hydrogen-bond donors (Lipinski definition) is 7. The van der Waals surface area contributed by atoms with Crippen molar-refractivity contribution in [2.45, 2.75) is 24.4 Å². The molecule has 0 heterocycles. The molecule has 0 aliphatic heterocycles. The molecule has 0 rings (SSSR count). The molecule has 4 atom stereocenters. The zero-order valence-electron chi connectivity index (χ0n) is 9.66. The van der Waals surface area contributed by atoms with Gasteiger partial charge in [-0.3, -0.25) is 9.05 Å². The number of carbonyl (C=O) groups is 1. The second-order valence-electron chi connectivity index (χ2n) is 3.50. The van der Waals surface area contributed by atoms with E-state index in [0.29, 0.717) is 0 Å². The van der Waals surface area contributed by atoms with Crippen molar-refractivity contribution in [1.29, 1.82) is 0 Å². The van der Waals surface area contributed by atoms with Crippen molar-refractivity contribution in [1.82, 2.24) is 0 Å². The SMILES string of the molecule is O=C[C@H](OP(=O)(O)O)[C@H](OP(=O)(O)O)[C@@H](O)[C@@H](O)CO. The third-order valence-electron chi connectivity index (χ3n) is 1.89. The van der Waals surface area contributed by atoms with Gasteiger partial charge in [-0.1, -0.05) is 0 Å². The number of aliphatic hydroxyl groups excluding tert-OH is 3. The van der Waals surface area contributed by atoms with E-state index in [4.69, 9.17) is 29.8 Å². The Bertz CT molecular complexity index is 399. The van der Waals surface area contributed by atoms with Gasteiger partial charge in [-0.15, -0.1) is 0 Å². The first-order chi connectivity index (χ1) is 8.91. The fraction of sp³-hybridized carbons (Fsp3) is 0.833. The third kappa shape index (κ3) is 7.53. The maximum absolute atomic E-state index is 10.7. The first-order valence-corrected chi connectivity index (χ1v) is 7.87. The summed E-state index contributed by atoms with van der Waals surface area (Å²) in [5.41, 5.74) is 0. The van der Waals surface area contributed by atoms with Gasteiger partial charge >= 0.3 is 15.6 Å². The highest BCUT2D eigenvalue weighted by Gasteiger charge is 2.41. The summed E-state index contributed by atoms with van der Waals surface area (Å²) in [6.07, 6.45) is -9.21. The minimum Gasteiger partial charge on any atom is -0.394 e. The zero-order chi connectivity index (χ0) is 16.1. The number of carbonyl (C=O) groups excluding carboxylic acids is 1. The fourth-order valence-corrected chi connectivity index (χ4v) is 2.17. The van der Waals surface area contributed by atoms with Crippen molar-refractivity contribution in [3.63, 3.8) is 0 Å². The Morgan fingerprint density at radius 1 is 1.00 bits per heavy atom. The van der Waals surface area contributed by atoms with E-state index >= 15 is 0 Å². The molecule has 12 nitrogen and oxygen atoms in total. The molecular weight excluding hydrogens is 326 g/mol.